The second-order valence-corrected chi connectivity index (χ2v) is 15.1. The van der Waals surface area contributed by atoms with E-state index >= 15 is 0 Å². The largest absolute Gasteiger partial charge is 0.480 e. The van der Waals surface area contributed by atoms with Gasteiger partial charge in [0, 0.05) is 36.2 Å². The lowest BCUT2D eigenvalue weighted by atomic mass is 9.99. The fraction of sp³-hybridized carbons (Fsp3) is 0.227. The molecule has 2 aliphatic rings. The molecular weight excluding hydrogens is 757 g/mol. The third kappa shape index (κ3) is 11.5. The molecule has 0 unspecified atom stereocenters. The molecular formula is C44H44N6O7S. The first-order valence-electron chi connectivity index (χ1n) is 18.8. The Morgan fingerprint density at radius 1 is 0.586 bits per heavy atom. The second-order valence-electron chi connectivity index (χ2n) is 14.1. The highest BCUT2D eigenvalue weighted by molar-refractivity contribution is 7.09. The predicted molar refractivity (Wildman–Crippen MR) is 220 cm³/mol. The number of fused-ring (bicyclic) bond motifs is 18. The van der Waals surface area contributed by atoms with E-state index in [4.69, 9.17) is 5.73 Å². The first kappa shape index (κ1) is 41.0. The number of nitrogens with one attached hydrogen (secondary N) is 5. The van der Waals surface area contributed by atoms with E-state index in [0.717, 1.165) is 16.0 Å². The number of rotatable bonds is 8. The van der Waals surface area contributed by atoms with E-state index in [9.17, 15) is 33.9 Å². The number of carboxylic acids is 1. The standard InChI is InChI=1S/C44H44N6O7S/c45-34-26-39(51)47-37(25-33-12-7-21-58-33)43(55)49-36(23-28-13-17-31(18-14-28)30-10-5-2-6-11-30)41(53)48-35(22-27-8-3-1-4-9-27)42(54)50-38(44(56)57)24-29-15-19-32(20-16-29)46-40(34)52/h1-21,34-38H,22-26,45H2,(H,46,52)(H,47,51)(H,48,53)(H,49,55)(H,50,54)(H,56,57)/t34-,35+,36-,37+,38-/m0/s1. The number of aliphatic carboxylic acids is 1. The molecule has 13 nitrogen and oxygen atoms in total. The van der Waals surface area contributed by atoms with Gasteiger partial charge in [-0.2, -0.15) is 0 Å². The summed E-state index contributed by atoms with van der Waals surface area (Å²) < 4.78 is 0. The molecule has 3 heterocycles. The summed E-state index contributed by atoms with van der Waals surface area (Å²) in [6.45, 7) is 0. The quantitative estimate of drug-likeness (QED) is 0.116. The van der Waals surface area contributed by atoms with Gasteiger partial charge in [0.2, 0.25) is 29.5 Å². The molecule has 5 amide bonds. The maximum Gasteiger partial charge on any atom is 0.326 e. The number of amides is 5. The average molecular weight is 801 g/mol. The normalized spacial score (nSPS) is 21.1. The van der Waals surface area contributed by atoms with Gasteiger partial charge in [-0.3, -0.25) is 24.0 Å². The minimum absolute atomic E-state index is 0.00457. The van der Waals surface area contributed by atoms with Gasteiger partial charge in [-0.05, 0) is 51.4 Å². The highest BCUT2D eigenvalue weighted by Crippen LogP contribution is 2.21. The van der Waals surface area contributed by atoms with Crippen LogP contribution < -0.4 is 32.3 Å². The zero-order valence-corrected chi connectivity index (χ0v) is 32.2. The summed E-state index contributed by atoms with van der Waals surface area (Å²) in [6.07, 6.45) is -0.443. The Morgan fingerprint density at radius 3 is 1.72 bits per heavy atom. The van der Waals surface area contributed by atoms with Gasteiger partial charge in [0.25, 0.3) is 0 Å². The molecule has 2 bridgehead atoms. The summed E-state index contributed by atoms with van der Waals surface area (Å²) in [7, 11) is 0. The lowest BCUT2D eigenvalue weighted by Gasteiger charge is -2.26. The van der Waals surface area contributed by atoms with Crippen molar-refractivity contribution in [3.8, 4) is 11.1 Å². The molecule has 2 aliphatic heterocycles. The van der Waals surface area contributed by atoms with Gasteiger partial charge in [0.1, 0.15) is 24.2 Å². The molecule has 58 heavy (non-hydrogen) atoms. The van der Waals surface area contributed by atoms with Gasteiger partial charge in [-0.1, -0.05) is 103 Å². The van der Waals surface area contributed by atoms with Crippen LogP contribution in [-0.2, 0) is 54.5 Å². The SMILES string of the molecule is N[C@H]1CC(=O)N[C@H](Cc2cccs2)C(=O)N[C@@H](Cc2ccc(-c3ccccc3)cc2)C(=O)N[C@H](Cc2ccccc2)C(=O)N[C@H](C(=O)O)Cc2ccc(cc2)NC1=O. The number of carbonyl (C=O) groups is 6. The number of benzene rings is 4. The molecule has 5 aromatic rings. The van der Waals surface area contributed by atoms with Crippen molar-refractivity contribution in [3.05, 3.63) is 148 Å². The van der Waals surface area contributed by atoms with Crippen LogP contribution in [0.1, 0.15) is 28.0 Å². The minimum Gasteiger partial charge on any atom is -0.480 e. The molecule has 1 aromatic heterocycles. The third-order valence-corrected chi connectivity index (χ3v) is 10.6. The van der Waals surface area contributed by atoms with E-state index in [2.05, 4.69) is 26.6 Å². The third-order valence-electron chi connectivity index (χ3n) is 9.70. The fourth-order valence-corrected chi connectivity index (χ4v) is 7.32. The molecule has 4 aromatic carbocycles. The Morgan fingerprint density at radius 2 is 1.14 bits per heavy atom. The summed E-state index contributed by atoms with van der Waals surface area (Å²) in [5.74, 6) is -4.72. The Hall–Kier alpha value is -6.64. The van der Waals surface area contributed by atoms with Crippen molar-refractivity contribution in [3.63, 3.8) is 0 Å². The Labute approximate surface area is 339 Å². The van der Waals surface area contributed by atoms with Crippen LogP contribution >= 0.6 is 11.3 Å². The van der Waals surface area contributed by atoms with Crippen molar-refractivity contribution in [2.24, 2.45) is 5.73 Å². The van der Waals surface area contributed by atoms with Crippen LogP contribution in [-0.4, -0.2) is 70.8 Å². The number of nitrogens with two attached hydrogens (primary N) is 1. The summed E-state index contributed by atoms with van der Waals surface area (Å²) >= 11 is 1.38. The van der Waals surface area contributed by atoms with Gasteiger partial charge < -0.3 is 37.4 Å². The number of thiophene rings is 1. The van der Waals surface area contributed by atoms with Crippen molar-refractivity contribution in [1.82, 2.24) is 21.3 Å². The first-order chi connectivity index (χ1) is 28.0. The first-order valence-corrected chi connectivity index (χ1v) is 19.7. The highest BCUT2D eigenvalue weighted by Gasteiger charge is 2.33. The lowest BCUT2D eigenvalue weighted by molar-refractivity contribution is -0.142. The maximum absolute atomic E-state index is 14.4. The summed E-state index contributed by atoms with van der Waals surface area (Å²) in [4.78, 5) is 82.2. The highest BCUT2D eigenvalue weighted by atomic mass is 32.1. The van der Waals surface area contributed by atoms with E-state index in [1.54, 1.807) is 48.5 Å². The molecule has 0 fully saturated rings. The van der Waals surface area contributed by atoms with Crippen LogP contribution in [0.5, 0.6) is 0 Å². The predicted octanol–water partition coefficient (Wildman–Crippen LogP) is 3.38. The monoisotopic (exact) mass is 800 g/mol. The van der Waals surface area contributed by atoms with Crippen LogP contribution in [0.2, 0.25) is 0 Å². The molecule has 8 N–H and O–H groups in total. The summed E-state index contributed by atoms with van der Waals surface area (Å²) in [6, 6.07) is 29.8. The van der Waals surface area contributed by atoms with E-state index in [1.165, 1.54) is 11.3 Å². The number of carbonyl (C=O) groups excluding carboxylic acids is 5. The van der Waals surface area contributed by atoms with Crippen molar-refractivity contribution in [2.75, 3.05) is 5.32 Å². The average Bonchev–Trinajstić information content (AvgIpc) is 3.74. The number of carboxylic acid groups (broad SMARTS) is 1. The Bertz CT molecular complexity index is 2200. The van der Waals surface area contributed by atoms with Gasteiger partial charge in [-0.25, -0.2) is 4.79 Å². The van der Waals surface area contributed by atoms with Gasteiger partial charge in [-0.15, -0.1) is 11.3 Å². The summed E-state index contributed by atoms with van der Waals surface area (Å²) in [5.41, 5.74) is 10.4. The van der Waals surface area contributed by atoms with Gasteiger partial charge in [0.15, 0.2) is 0 Å². The zero-order valence-electron chi connectivity index (χ0n) is 31.4. The molecule has 298 valence electrons. The van der Waals surface area contributed by atoms with E-state index < -0.39 is 72.1 Å². The smallest absolute Gasteiger partial charge is 0.326 e. The molecule has 0 spiro atoms. The van der Waals surface area contributed by atoms with Gasteiger partial charge >= 0.3 is 5.97 Å². The second kappa shape index (κ2) is 19.5. The van der Waals surface area contributed by atoms with Crippen molar-refractivity contribution < 1.29 is 33.9 Å². The zero-order chi connectivity index (χ0) is 41.0. The van der Waals surface area contributed by atoms with E-state index in [0.29, 0.717) is 22.4 Å². The fourth-order valence-electron chi connectivity index (χ4n) is 6.56. The van der Waals surface area contributed by atoms with Crippen molar-refractivity contribution >= 4 is 52.5 Å². The van der Waals surface area contributed by atoms with Crippen LogP contribution in [0, 0.1) is 0 Å². The minimum atomic E-state index is -1.38. The van der Waals surface area contributed by atoms with E-state index in [-0.39, 0.29) is 25.7 Å². The van der Waals surface area contributed by atoms with Crippen molar-refractivity contribution in [1.29, 1.82) is 0 Å². The molecule has 7 rings (SSSR count). The number of hydrogen-bond donors (Lipinski definition) is 7. The van der Waals surface area contributed by atoms with Crippen LogP contribution in [0.25, 0.3) is 11.1 Å². The van der Waals surface area contributed by atoms with Gasteiger partial charge in [0.05, 0.1) is 12.5 Å². The maximum atomic E-state index is 14.4. The van der Waals surface area contributed by atoms with Crippen LogP contribution in [0.15, 0.2) is 127 Å². The molecule has 0 saturated heterocycles. The molecule has 0 aliphatic carbocycles. The Balaban J connectivity index is 1.35. The topological polar surface area (TPSA) is 209 Å². The number of anilines is 1. The number of hydrogen-bond acceptors (Lipinski definition) is 8. The van der Waals surface area contributed by atoms with Crippen LogP contribution in [0.3, 0.4) is 0 Å². The summed E-state index contributed by atoms with van der Waals surface area (Å²) in [5, 5.41) is 25.6. The molecule has 5 atom stereocenters. The van der Waals surface area contributed by atoms with Crippen molar-refractivity contribution in [2.45, 2.75) is 62.3 Å². The molecule has 14 heteroatoms. The van der Waals surface area contributed by atoms with Crippen LogP contribution in [0.4, 0.5) is 5.69 Å². The Kier molecular flexibility index (Phi) is 13.8. The molecule has 0 saturated carbocycles. The molecule has 0 radical (unpaired) electrons. The van der Waals surface area contributed by atoms with E-state index in [1.807, 2.05) is 78.2 Å². The lowest BCUT2D eigenvalue weighted by Crippen LogP contribution is -2.59.